The van der Waals surface area contributed by atoms with Gasteiger partial charge in [0, 0.05) is 12.5 Å². The molecule has 0 rings (SSSR count). The van der Waals surface area contributed by atoms with Gasteiger partial charge in [0.05, 0.1) is 0 Å². The Balaban J connectivity index is 4.97. The van der Waals surface area contributed by atoms with Gasteiger partial charge in [-0.2, -0.15) is 0 Å². The predicted molar refractivity (Wildman–Crippen MR) is 51.6 cm³/mol. The fraction of sp³-hybridized carbons (Fsp3) is 1.00. The quantitative estimate of drug-likeness (QED) is 0.688. The van der Waals surface area contributed by atoms with Crippen molar-refractivity contribution in [2.75, 3.05) is 18.3 Å². The lowest BCUT2D eigenvalue weighted by atomic mass is 11.0. The fourth-order valence-electron chi connectivity index (χ4n) is 0.701. The Labute approximate surface area is 77.6 Å². The first-order valence-electron chi connectivity index (χ1n) is 3.19. The van der Waals surface area contributed by atoms with E-state index >= 15 is 0 Å². The summed E-state index contributed by atoms with van der Waals surface area (Å²) in [7, 11) is -7.02. The van der Waals surface area contributed by atoms with Gasteiger partial charge in [-0.3, -0.25) is 0 Å². The van der Waals surface area contributed by atoms with E-state index in [4.69, 9.17) is 0 Å². The lowest BCUT2D eigenvalue weighted by Crippen LogP contribution is -2.25. The van der Waals surface area contributed by atoms with Crippen LogP contribution in [0.2, 0.25) is 0 Å². The molecule has 0 aromatic carbocycles. The van der Waals surface area contributed by atoms with E-state index in [0.29, 0.717) is 5.75 Å². The maximum atomic E-state index is 11.0. The monoisotopic (exact) mass is 232 g/mol. The van der Waals surface area contributed by atoms with Crippen LogP contribution in [-0.2, 0) is 19.7 Å². The molecule has 7 heteroatoms. The van der Waals surface area contributed by atoms with Crippen LogP contribution in [0.3, 0.4) is 0 Å². The second-order valence-corrected chi connectivity index (χ2v) is 8.94. The minimum atomic E-state index is -3.51. The third kappa shape index (κ3) is 3.77. The van der Waals surface area contributed by atoms with Gasteiger partial charge >= 0.3 is 0 Å². The second kappa shape index (κ2) is 3.97. The number of hydrogen-bond donors (Lipinski definition) is 0. The molecule has 0 bridgehead atoms. The largest absolute Gasteiger partial charge is 0.227 e. The van der Waals surface area contributed by atoms with Gasteiger partial charge < -0.3 is 0 Å². The molecule has 0 unspecified atom stereocenters. The molecule has 0 aromatic rings. The number of thioether (sulfide) groups is 1. The molecule has 4 nitrogen and oxygen atoms in total. The van der Waals surface area contributed by atoms with Crippen molar-refractivity contribution in [2.24, 2.45) is 0 Å². The molecule has 0 amide bonds. The van der Waals surface area contributed by atoms with Gasteiger partial charge in [-0.15, -0.1) is 11.8 Å². The van der Waals surface area contributed by atoms with Crippen LogP contribution in [0.1, 0.15) is 6.92 Å². The molecule has 0 spiro atoms. The van der Waals surface area contributed by atoms with Crippen LogP contribution in [0.4, 0.5) is 0 Å². The van der Waals surface area contributed by atoms with E-state index in [2.05, 4.69) is 0 Å². The van der Waals surface area contributed by atoms with Gasteiger partial charge in [0.1, 0.15) is 0 Å². The Morgan fingerprint density at radius 1 is 1.08 bits per heavy atom. The molecule has 74 valence electrons. The Morgan fingerprint density at radius 2 is 1.42 bits per heavy atom. The SMILES string of the molecule is CCSC(S(C)(=O)=O)S(C)(=O)=O. The first-order valence-corrected chi connectivity index (χ1v) is 8.14. The molecular weight excluding hydrogens is 220 g/mol. The Bertz CT molecular complexity index is 294. The van der Waals surface area contributed by atoms with Crippen LogP contribution in [0.15, 0.2) is 0 Å². The number of sulfone groups is 2. The predicted octanol–water partition coefficient (Wildman–Crippen LogP) is 0.112. The van der Waals surface area contributed by atoms with Crippen LogP contribution < -0.4 is 0 Å². The first-order chi connectivity index (χ1) is 5.19. The fourth-order valence-corrected chi connectivity index (χ4v) is 6.31. The van der Waals surface area contributed by atoms with Gasteiger partial charge in [0.25, 0.3) is 0 Å². The highest BCUT2D eigenvalue weighted by Crippen LogP contribution is 2.21. The zero-order valence-corrected chi connectivity index (χ0v) is 9.59. The van der Waals surface area contributed by atoms with Crippen molar-refractivity contribution in [3.05, 3.63) is 0 Å². The Morgan fingerprint density at radius 3 is 1.50 bits per heavy atom. The van der Waals surface area contributed by atoms with Gasteiger partial charge in [-0.05, 0) is 5.75 Å². The lowest BCUT2D eigenvalue weighted by Gasteiger charge is -2.10. The summed E-state index contributed by atoms with van der Waals surface area (Å²) < 4.78 is 42.6. The molecule has 0 radical (unpaired) electrons. The molecule has 0 aromatic heterocycles. The lowest BCUT2D eigenvalue weighted by molar-refractivity contribution is 0.592. The van der Waals surface area contributed by atoms with E-state index in [1.54, 1.807) is 6.92 Å². The standard InChI is InChI=1S/C5H12O4S3/c1-4-10-5(11(2,6)7)12(3,8)9/h5H,4H2,1-3H3. The molecule has 0 aliphatic heterocycles. The van der Waals surface area contributed by atoms with Crippen LogP contribution in [0, 0.1) is 0 Å². The number of rotatable bonds is 4. The van der Waals surface area contributed by atoms with Crippen molar-refractivity contribution >= 4 is 31.4 Å². The van der Waals surface area contributed by atoms with Crippen molar-refractivity contribution < 1.29 is 16.8 Å². The van der Waals surface area contributed by atoms with Crippen LogP contribution in [0.5, 0.6) is 0 Å². The van der Waals surface area contributed by atoms with E-state index in [9.17, 15) is 16.8 Å². The summed E-state index contributed by atoms with van der Waals surface area (Å²) in [6.07, 6.45) is 1.86. The van der Waals surface area contributed by atoms with Crippen molar-refractivity contribution in [3.63, 3.8) is 0 Å². The summed E-state index contributed by atoms with van der Waals surface area (Å²) in [4.78, 5) is 0. The van der Waals surface area contributed by atoms with Crippen molar-refractivity contribution in [2.45, 2.75) is 10.8 Å². The molecule has 0 atom stereocenters. The molecule has 0 aliphatic rings. The molecule has 0 saturated heterocycles. The third-order valence-electron chi connectivity index (χ3n) is 1.00. The summed E-state index contributed by atoms with van der Waals surface area (Å²) in [6, 6.07) is 0. The van der Waals surface area contributed by atoms with E-state index in [0.717, 1.165) is 24.3 Å². The van der Waals surface area contributed by atoms with E-state index in [1.807, 2.05) is 0 Å². The average molecular weight is 232 g/mol. The molecule has 0 fully saturated rings. The third-order valence-corrected chi connectivity index (χ3v) is 8.02. The van der Waals surface area contributed by atoms with Gasteiger partial charge in [0.2, 0.25) is 3.91 Å². The normalized spacial score (nSPS) is 13.7. The van der Waals surface area contributed by atoms with Crippen molar-refractivity contribution in [3.8, 4) is 0 Å². The zero-order valence-electron chi connectivity index (χ0n) is 7.14. The maximum Gasteiger partial charge on any atom is 0.207 e. The molecule has 12 heavy (non-hydrogen) atoms. The highest BCUT2D eigenvalue weighted by molar-refractivity contribution is 8.26. The molecule has 0 aliphatic carbocycles. The minimum Gasteiger partial charge on any atom is -0.227 e. The van der Waals surface area contributed by atoms with Crippen molar-refractivity contribution in [1.29, 1.82) is 0 Å². The smallest absolute Gasteiger partial charge is 0.207 e. The Kier molecular flexibility index (Phi) is 4.05. The summed E-state index contributed by atoms with van der Waals surface area (Å²) >= 11 is 0.914. The van der Waals surface area contributed by atoms with Gasteiger partial charge in [0.15, 0.2) is 19.7 Å². The van der Waals surface area contributed by atoms with Gasteiger partial charge in [-0.25, -0.2) is 16.8 Å². The topological polar surface area (TPSA) is 68.3 Å². The van der Waals surface area contributed by atoms with Crippen LogP contribution in [-0.4, -0.2) is 39.0 Å². The van der Waals surface area contributed by atoms with Crippen molar-refractivity contribution in [1.82, 2.24) is 0 Å². The second-order valence-electron chi connectivity index (χ2n) is 2.40. The summed E-state index contributed by atoms with van der Waals surface area (Å²) in [5.74, 6) is 0.463. The molecular formula is C5H12O4S3. The first kappa shape index (κ1) is 12.2. The van der Waals surface area contributed by atoms with Crippen LogP contribution >= 0.6 is 11.8 Å². The van der Waals surface area contributed by atoms with E-state index in [1.165, 1.54) is 0 Å². The Hall–Kier alpha value is 0.250. The van der Waals surface area contributed by atoms with E-state index in [-0.39, 0.29) is 0 Å². The molecule has 0 heterocycles. The molecule has 0 saturated carbocycles. The summed E-state index contributed by atoms with van der Waals surface area (Å²) in [6.45, 7) is 1.72. The summed E-state index contributed by atoms with van der Waals surface area (Å²) in [5.41, 5.74) is 0. The zero-order chi connectivity index (χ0) is 9.99. The number of hydrogen-bond acceptors (Lipinski definition) is 5. The highest BCUT2D eigenvalue weighted by Gasteiger charge is 2.30. The molecule has 0 N–H and O–H groups in total. The minimum absolute atomic E-state index is 0.463. The van der Waals surface area contributed by atoms with E-state index < -0.39 is 23.6 Å². The summed E-state index contributed by atoms with van der Waals surface area (Å²) in [5, 5.41) is 0. The maximum absolute atomic E-state index is 11.0. The van der Waals surface area contributed by atoms with Crippen LogP contribution in [0.25, 0.3) is 0 Å². The average Bonchev–Trinajstić information content (AvgIpc) is 1.77. The van der Waals surface area contributed by atoms with Gasteiger partial charge in [-0.1, -0.05) is 6.92 Å². The highest BCUT2D eigenvalue weighted by atomic mass is 32.3.